The summed E-state index contributed by atoms with van der Waals surface area (Å²) in [6.45, 7) is 6.37. The number of nitrogens with zero attached hydrogens (tertiary/aromatic N) is 2. The number of nitrogens with one attached hydrogen (secondary N) is 1. The fourth-order valence-corrected chi connectivity index (χ4v) is 2.31. The first-order chi connectivity index (χ1) is 11.2. The fraction of sp³-hybridized carbons (Fsp3) is 0.471. The number of ether oxygens (including phenoxy) is 1. The monoisotopic (exact) mass is 335 g/mol. The maximum atomic E-state index is 14.0. The third kappa shape index (κ3) is 4.53. The van der Waals surface area contributed by atoms with Gasteiger partial charge in [-0.1, -0.05) is 0 Å². The van der Waals surface area contributed by atoms with E-state index in [0.29, 0.717) is 25.1 Å². The van der Waals surface area contributed by atoms with Gasteiger partial charge in [0, 0.05) is 25.7 Å². The van der Waals surface area contributed by atoms with E-state index in [0.717, 1.165) is 5.57 Å². The van der Waals surface area contributed by atoms with Crippen LogP contribution in [-0.2, 0) is 4.74 Å². The van der Waals surface area contributed by atoms with Crippen LogP contribution in [0.2, 0.25) is 0 Å². The van der Waals surface area contributed by atoms with Crippen LogP contribution in [0.3, 0.4) is 0 Å². The van der Waals surface area contributed by atoms with Gasteiger partial charge in [-0.2, -0.15) is 4.39 Å². The van der Waals surface area contributed by atoms with E-state index in [1.165, 1.54) is 19.2 Å². The Morgan fingerprint density at radius 3 is 2.67 bits per heavy atom. The smallest absolute Gasteiger partial charge is 0.410 e. The molecule has 0 bridgehead atoms. The van der Waals surface area contributed by atoms with Crippen LogP contribution in [0.1, 0.15) is 43.2 Å². The standard InChI is InChI=1S/C17H22FN3O3/c1-17(2,3)24-16(23)21-8-7-11(10-21)9-12-5-6-13(15(22)19-4)20-14(12)18/h5-6,9H,7-8,10H2,1-4H3,(H,19,22)/b11-9-. The lowest BCUT2D eigenvalue weighted by Crippen LogP contribution is -2.34. The second-order valence-corrected chi connectivity index (χ2v) is 6.61. The quantitative estimate of drug-likeness (QED) is 0.843. The molecule has 6 nitrogen and oxygen atoms in total. The first-order valence-corrected chi connectivity index (χ1v) is 7.75. The molecule has 2 heterocycles. The lowest BCUT2D eigenvalue weighted by molar-refractivity contribution is 0.0299. The molecule has 0 unspecified atom stereocenters. The van der Waals surface area contributed by atoms with Gasteiger partial charge in [-0.3, -0.25) is 4.79 Å². The van der Waals surface area contributed by atoms with Crippen molar-refractivity contribution >= 4 is 18.1 Å². The average molecular weight is 335 g/mol. The molecule has 1 aliphatic heterocycles. The maximum absolute atomic E-state index is 14.0. The predicted molar refractivity (Wildman–Crippen MR) is 88.0 cm³/mol. The molecule has 130 valence electrons. The lowest BCUT2D eigenvalue weighted by Gasteiger charge is -2.23. The Morgan fingerprint density at radius 2 is 2.08 bits per heavy atom. The highest BCUT2D eigenvalue weighted by Crippen LogP contribution is 2.22. The number of halogens is 1. The SMILES string of the molecule is CNC(=O)c1ccc(/C=C2/CCN(C(=O)OC(C)(C)C)C2)c(F)n1. The Bertz CT molecular complexity index is 680. The van der Waals surface area contributed by atoms with Crippen molar-refractivity contribution in [3.05, 3.63) is 34.9 Å². The van der Waals surface area contributed by atoms with E-state index < -0.39 is 17.5 Å². The zero-order valence-electron chi connectivity index (χ0n) is 14.4. The van der Waals surface area contributed by atoms with Crippen LogP contribution < -0.4 is 5.32 Å². The van der Waals surface area contributed by atoms with Crippen LogP contribution in [0.5, 0.6) is 0 Å². The highest BCUT2D eigenvalue weighted by atomic mass is 19.1. The van der Waals surface area contributed by atoms with Gasteiger partial charge in [0.25, 0.3) is 5.91 Å². The molecule has 1 aliphatic rings. The Balaban J connectivity index is 2.08. The fourth-order valence-electron chi connectivity index (χ4n) is 2.31. The van der Waals surface area contributed by atoms with E-state index in [4.69, 9.17) is 4.74 Å². The summed E-state index contributed by atoms with van der Waals surface area (Å²) in [6, 6.07) is 2.98. The molecule has 0 atom stereocenters. The van der Waals surface area contributed by atoms with Crippen molar-refractivity contribution in [3.63, 3.8) is 0 Å². The first-order valence-electron chi connectivity index (χ1n) is 7.75. The third-order valence-corrected chi connectivity index (χ3v) is 3.45. The van der Waals surface area contributed by atoms with Crippen molar-refractivity contribution in [3.8, 4) is 0 Å². The molecule has 0 aliphatic carbocycles. The number of rotatable bonds is 2. The summed E-state index contributed by atoms with van der Waals surface area (Å²) in [4.78, 5) is 28.7. The molecule has 0 saturated carbocycles. The summed E-state index contributed by atoms with van der Waals surface area (Å²) in [7, 11) is 1.46. The molecule has 2 amide bonds. The summed E-state index contributed by atoms with van der Waals surface area (Å²) in [5, 5.41) is 2.40. The Kier molecular flexibility index (Phi) is 5.21. The van der Waals surface area contributed by atoms with Crippen LogP contribution in [0.25, 0.3) is 6.08 Å². The van der Waals surface area contributed by atoms with Gasteiger partial charge in [0.2, 0.25) is 5.95 Å². The van der Waals surface area contributed by atoms with Gasteiger partial charge in [0.05, 0.1) is 0 Å². The predicted octanol–water partition coefficient (Wildman–Crippen LogP) is 2.60. The minimum atomic E-state index is -0.709. The minimum absolute atomic E-state index is 0.0268. The van der Waals surface area contributed by atoms with E-state index in [-0.39, 0.29) is 11.8 Å². The number of hydrogen-bond donors (Lipinski definition) is 1. The summed E-state index contributed by atoms with van der Waals surface area (Å²) in [6.07, 6.45) is 1.94. The summed E-state index contributed by atoms with van der Waals surface area (Å²) >= 11 is 0. The zero-order valence-corrected chi connectivity index (χ0v) is 14.4. The van der Waals surface area contributed by atoms with E-state index >= 15 is 0 Å². The van der Waals surface area contributed by atoms with Gasteiger partial charge in [-0.25, -0.2) is 9.78 Å². The second-order valence-electron chi connectivity index (χ2n) is 6.61. The molecule has 0 spiro atoms. The van der Waals surface area contributed by atoms with Crippen LogP contribution in [0, 0.1) is 5.95 Å². The molecule has 0 radical (unpaired) electrons. The number of carbonyl (C=O) groups excluding carboxylic acids is 2. The first kappa shape index (κ1) is 17.9. The largest absolute Gasteiger partial charge is 0.444 e. The Labute approximate surface area is 140 Å². The molecule has 24 heavy (non-hydrogen) atoms. The second kappa shape index (κ2) is 6.98. The zero-order chi connectivity index (χ0) is 17.9. The number of likely N-dealkylation sites (tertiary alicyclic amines) is 1. The van der Waals surface area contributed by atoms with Crippen LogP contribution in [-0.4, -0.2) is 47.6 Å². The van der Waals surface area contributed by atoms with Crippen molar-refractivity contribution in [1.29, 1.82) is 0 Å². The van der Waals surface area contributed by atoms with Crippen molar-refractivity contribution in [2.75, 3.05) is 20.1 Å². The topological polar surface area (TPSA) is 71.5 Å². The molecule has 0 aromatic carbocycles. The molecule has 1 saturated heterocycles. The van der Waals surface area contributed by atoms with Crippen molar-refractivity contribution in [2.24, 2.45) is 0 Å². The highest BCUT2D eigenvalue weighted by Gasteiger charge is 2.26. The number of carbonyl (C=O) groups is 2. The molecular formula is C17H22FN3O3. The summed E-state index contributed by atoms with van der Waals surface area (Å²) in [5.41, 5.74) is 0.687. The number of pyridine rings is 1. The normalized spacial score (nSPS) is 16.4. The van der Waals surface area contributed by atoms with Gasteiger partial charge < -0.3 is 15.0 Å². The summed E-state index contributed by atoms with van der Waals surface area (Å²) < 4.78 is 19.4. The van der Waals surface area contributed by atoms with E-state index in [1.807, 2.05) is 20.8 Å². The van der Waals surface area contributed by atoms with Crippen molar-refractivity contribution < 1.29 is 18.7 Å². The number of amides is 2. The molecule has 1 aromatic heterocycles. The van der Waals surface area contributed by atoms with Gasteiger partial charge in [0.1, 0.15) is 11.3 Å². The van der Waals surface area contributed by atoms with Crippen LogP contribution >= 0.6 is 0 Å². The van der Waals surface area contributed by atoms with Crippen LogP contribution in [0.4, 0.5) is 9.18 Å². The molecule has 2 rings (SSSR count). The maximum Gasteiger partial charge on any atom is 0.410 e. The Morgan fingerprint density at radius 1 is 1.38 bits per heavy atom. The number of hydrogen-bond acceptors (Lipinski definition) is 4. The number of aromatic nitrogens is 1. The Hall–Kier alpha value is -2.44. The summed E-state index contributed by atoms with van der Waals surface area (Å²) in [5.74, 6) is -1.15. The van der Waals surface area contributed by atoms with Gasteiger partial charge in [-0.15, -0.1) is 0 Å². The van der Waals surface area contributed by atoms with Crippen molar-refractivity contribution in [2.45, 2.75) is 32.8 Å². The molecule has 1 aromatic rings. The van der Waals surface area contributed by atoms with E-state index in [1.54, 1.807) is 11.0 Å². The van der Waals surface area contributed by atoms with Gasteiger partial charge in [-0.05, 0) is 51.0 Å². The highest BCUT2D eigenvalue weighted by molar-refractivity contribution is 5.92. The minimum Gasteiger partial charge on any atom is -0.444 e. The molecule has 1 N–H and O–H groups in total. The molecular weight excluding hydrogens is 313 g/mol. The lowest BCUT2D eigenvalue weighted by atomic mass is 10.1. The van der Waals surface area contributed by atoms with E-state index in [9.17, 15) is 14.0 Å². The third-order valence-electron chi connectivity index (χ3n) is 3.45. The van der Waals surface area contributed by atoms with Crippen molar-refractivity contribution in [1.82, 2.24) is 15.2 Å². The molecule has 7 heteroatoms. The van der Waals surface area contributed by atoms with E-state index in [2.05, 4.69) is 10.3 Å². The molecule has 1 fully saturated rings. The van der Waals surface area contributed by atoms with Crippen LogP contribution in [0.15, 0.2) is 17.7 Å². The average Bonchev–Trinajstić information content (AvgIpc) is 2.95. The van der Waals surface area contributed by atoms with Gasteiger partial charge in [0.15, 0.2) is 0 Å². The van der Waals surface area contributed by atoms with Gasteiger partial charge >= 0.3 is 6.09 Å².